The summed E-state index contributed by atoms with van der Waals surface area (Å²) in [5, 5.41) is 8.69. The first kappa shape index (κ1) is 6.91. The molecule has 1 heterocycles. The highest BCUT2D eigenvalue weighted by molar-refractivity contribution is 5.93. The van der Waals surface area contributed by atoms with E-state index in [1.807, 2.05) is 0 Å². The van der Waals surface area contributed by atoms with Crippen molar-refractivity contribution in [2.75, 3.05) is 0 Å². The lowest BCUT2D eigenvalue weighted by atomic mass is 10.1. The molecule has 0 aromatic carbocycles. The first-order valence-corrected chi connectivity index (χ1v) is 3.40. The zero-order chi connectivity index (χ0) is 8.55. The molecule has 1 radical (unpaired) electrons. The Hall–Kier alpha value is -1.77. The molecule has 1 aliphatic carbocycles. The maximum atomic E-state index is 10.6. The number of hydrogen-bond acceptors (Lipinski definition) is 2. The number of rotatable bonds is 1. The van der Waals surface area contributed by atoms with Gasteiger partial charge < -0.3 is 9.52 Å². The average Bonchev–Trinajstić information content (AvgIpc) is 2.49. The Balaban J connectivity index is 2.71. The molecule has 0 unspecified atom stereocenters. The molecule has 0 bridgehead atoms. The molecule has 0 amide bonds. The summed E-state index contributed by atoms with van der Waals surface area (Å²) in [5.74, 6) is -1.09. The maximum Gasteiger partial charge on any atom is 0.372 e. The fraction of sp³-hybridized carbons (Fsp3) is 0. The highest BCUT2D eigenvalue weighted by atomic mass is 16.4. The molecule has 1 aliphatic heterocycles. The first-order valence-electron chi connectivity index (χ1n) is 3.40. The van der Waals surface area contributed by atoms with Crippen molar-refractivity contribution in [1.82, 2.24) is 0 Å². The predicted octanol–water partition coefficient (Wildman–Crippen LogP) is 1.88. The third-order valence-electron chi connectivity index (χ3n) is 1.64. The van der Waals surface area contributed by atoms with Gasteiger partial charge in [-0.25, -0.2) is 4.79 Å². The normalized spacial score (nSPS) is 10.3. The van der Waals surface area contributed by atoms with Crippen molar-refractivity contribution in [3.8, 4) is 11.1 Å². The van der Waals surface area contributed by atoms with E-state index in [-0.39, 0.29) is 5.76 Å². The van der Waals surface area contributed by atoms with Crippen LogP contribution < -0.4 is 0 Å². The molecule has 3 heteroatoms. The van der Waals surface area contributed by atoms with E-state index >= 15 is 0 Å². The van der Waals surface area contributed by atoms with Crippen LogP contribution in [0.5, 0.6) is 0 Å². The summed E-state index contributed by atoms with van der Waals surface area (Å²) in [6.45, 7) is 0. The van der Waals surface area contributed by atoms with Crippen molar-refractivity contribution in [3.63, 3.8) is 0 Å². The van der Waals surface area contributed by atoms with E-state index in [2.05, 4.69) is 6.07 Å². The molecule has 1 N–H and O–H groups in total. The van der Waals surface area contributed by atoms with Gasteiger partial charge in [0.05, 0.1) is 6.26 Å². The summed E-state index contributed by atoms with van der Waals surface area (Å²) >= 11 is 0. The van der Waals surface area contributed by atoms with Gasteiger partial charge in [-0.1, -0.05) is 6.07 Å². The van der Waals surface area contributed by atoms with Crippen molar-refractivity contribution in [1.29, 1.82) is 0 Å². The largest absolute Gasteiger partial charge is 0.475 e. The monoisotopic (exact) mass is 161 g/mol. The predicted molar refractivity (Wildman–Crippen MR) is 41.1 cm³/mol. The number of hydrogen-bond donors (Lipinski definition) is 1. The summed E-state index contributed by atoms with van der Waals surface area (Å²) in [7, 11) is 0. The van der Waals surface area contributed by atoms with Crippen LogP contribution in [0.3, 0.4) is 0 Å². The average molecular weight is 161 g/mol. The molecule has 0 spiro atoms. The van der Waals surface area contributed by atoms with Gasteiger partial charge in [-0.15, -0.1) is 0 Å². The fourth-order valence-electron chi connectivity index (χ4n) is 1.12. The zero-order valence-electron chi connectivity index (χ0n) is 6.07. The van der Waals surface area contributed by atoms with Gasteiger partial charge >= 0.3 is 5.97 Å². The third kappa shape index (κ3) is 0.871. The van der Waals surface area contributed by atoms with Crippen LogP contribution in [-0.2, 0) is 0 Å². The molecule has 0 fully saturated rings. The first-order chi connectivity index (χ1) is 5.79. The summed E-state index contributed by atoms with van der Waals surface area (Å²) in [4.78, 5) is 10.6. The lowest BCUT2D eigenvalue weighted by Crippen LogP contribution is -1.97. The Morgan fingerprint density at radius 2 is 2.33 bits per heavy atom. The van der Waals surface area contributed by atoms with Gasteiger partial charge in [-0.2, -0.15) is 0 Å². The second-order valence-corrected chi connectivity index (χ2v) is 2.36. The van der Waals surface area contributed by atoms with Crippen LogP contribution in [0.2, 0.25) is 0 Å². The fourth-order valence-corrected chi connectivity index (χ4v) is 1.12. The van der Waals surface area contributed by atoms with Crippen LogP contribution in [0.25, 0.3) is 11.1 Å². The smallest absolute Gasteiger partial charge is 0.372 e. The Bertz CT molecular complexity index is 389. The van der Waals surface area contributed by atoms with E-state index in [9.17, 15) is 4.79 Å². The van der Waals surface area contributed by atoms with Crippen LogP contribution in [0, 0.1) is 6.07 Å². The number of aromatic carboxylic acids is 1. The number of fused-ring (bicyclic) bond motifs is 1. The second kappa shape index (κ2) is 2.37. The van der Waals surface area contributed by atoms with Gasteiger partial charge in [0.2, 0.25) is 5.76 Å². The van der Waals surface area contributed by atoms with E-state index in [0.717, 1.165) is 5.56 Å². The van der Waals surface area contributed by atoms with E-state index < -0.39 is 5.97 Å². The van der Waals surface area contributed by atoms with Gasteiger partial charge in [0, 0.05) is 5.56 Å². The van der Waals surface area contributed by atoms with Gasteiger partial charge in [-0.3, -0.25) is 0 Å². The van der Waals surface area contributed by atoms with E-state index in [4.69, 9.17) is 9.52 Å². The molecular weight excluding hydrogens is 156 g/mol. The zero-order valence-corrected chi connectivity index (χ0v) is 6.07. The SMILES string of the molecule is O=C(O)c1occc2[c]ccc1-2. The van der Waals surface area contributed by atoms with Crippen molar-refractivity contribution in [2.45, 2.75) is 0 Å². The van der Waals surface area contributed by atoms with Gasteiger partial charge in [0.25, 0.3) is 0 Å². The lowest BCUT2D eigenvalue weighted by molar-refractivity contribution is 0.0661. The van der Waals surface area contributed by atoms with Gasteiger partial charge in [0.1, 0.15) is 0 Å². The van der Waals surface area contributed by atoms with E-state index in [1.54, 1.807) is 18.2 Å². The standard InChI is InChI=1S/C9H5O3/c10-9(11)8-7-3-1-2-6(7)4-5-12-8/h1,3-5H,(H,10,11). The number of carboxylic acid groups (broad SMARTS) is 1. The minimum absolute atomic E-state index is 0.0336. The third-order valence-corrected chi connectivity index (χ3v) is 1.64. The van der Waals surface area contributed by atoms with Crippen molar-refractivity contribution in [2.24, 2.45) is 0 Å². The molecule has 2 aliphatic rings. The minimum Gasteiger partial charge on any atom is -0.475 e. The Labute approximate surface area is 68.6 Å². The van der Waals surface area contributed by atoms with E-state index in [1.165, 1.54) is 6.26 Å². The molecular formula is C9H5O3. The van der Waals surface area contributed by atoms with Crippen molar-refractivity contribution >= 4 is 5.97 Å². The second-order valence-electron chi connectivity index (χ2n) is 2.36. The Kier molecular flexibility index (Phi) is 1.37. The molecule has 0 aromatic heterocycles. The Morgan fingerprint density at radius 1 is 1.50 bits per heavy atom. The van der Waals surface area contributed by atoms with Gasteiger partial charge in [0.15, 0.2) is 0 Å². The number of carboxylic acids is 1. The topological polar surface area (TPSA) is 50.4 Å². The summed E-state index contributed by atoms with van der Waals surface area (Å²) in [5.41, 5.74) is 1.35. The number of carbonyl (C=O) groups is 1. The molecule has 12 heavy (non-hydrogen) atoms. The molecule has 0 saturated heterocycles. The molecule has 59 valence electrons. The van der Waals surface area contributed by atoms with Crippen LogP contribution in [0.1, 0.15) is 10.6 Å². The highest BCUT2D eigenvalue weighted by Gasteiger charge is 2.15. The molecule has 2 rings (SSSR count). The van der Waals surface area contributed by atoms with Crippen LogP contribution in [0.4, 0.5) is 0 Å². The Morgan fingerprint density at radius 3 is 3.08 bits per heavy atom. The van der Waals surface area contributed by atoms with Gasteiger partial charge in [-0.05, 0) is 23.8 Å². The minimum atomic E-state index is -1.06. The quantitative estimate of drug-likeness (QED) is 0.694. The molecule has 3 nitrogen and oxygen atoms in total. The lowest BCUT2D eigenvalue weighted by Gasteiger charge is -2.00. The molecule has 0 saturated carbocycles. The highest BCUT2D eigenvalue weighted by Crippen LogP contribution is 2.25. The van der Waals surface area contributed by atoms with Crippen molar-refractivity contribution in [3.05, 3.63) is 36.3 Å². The van der Waals surface area contributed by atoms with Crippen molar-refractivity contribution < 1.29 is 14.3 Å². The molecule has 0 atom stereocenters. The maximum absolute atomic E-state index is 10.6. The summed E-state index contributed by atoms with van der Waals surface area (Å²) < 4.78 is 4.84. The van der Waals surface area contributed by atoms with Crippen LogP contribution in [0.15, 0.2) is 28.9 Å². The van der Waals surface area contributed by atoms with Crippen LogP contribution in [-0.4, -0.2) is 11.1 Å². The summed E-state index contributed by atoms with van der Waals surface area (Å²) in [6, 6.07) is 7.92. The van der Waals surface area contributed by atoms with Crippen LogP contribution >= 0.6 is 0 Å². The van der Waals surface area contributed by atoms with E-state index in [0.29, 0.717) is 5.56 Å². The molecule has 0 aromatic rings. The summed E-state index contributed by atoms with van der Waals surface area (Å²) in [6.07, 6.45) is 1.35.